The Morgan fingerprint density at radius 3 is 2.38 bits per heavy atom. The van der Waals surface area contributed by atoms with Gasteiger partial charge in [0.1, 0.15) is 0 Å². The van der Waals surface area contributed by atoms with Gasteiger partial charge in [-0.15, -0.1) is 0 Å². The van der Waals surface area contributed by atoms with Crippen molar-refractivity contribution in [2.75, 3.05) is 0 Å². The van der Waals surface area contributed by atoms with Gasteiger partial charge >= 0.3 is 11.6 Å². The molecule has 0 saturated heterocycles. The minimum Gasteiger partial charge on any atom is -0.305 e. The molecule has 0 radical (unpaired) electrons. The SMILES string of the molecule is CC[C@@H](C)n1c(=O)cc(C(F)(F)c2ccccc2)[nH]c1=O. The molecule has 0 aliphatic rings. The molecule has 21 heavy (non-hydrogen) atoms. The molecule has 0 amide bonds. The molecule has 0 unspecified atom stereocenters. The van der Waals surface area contributed by atoms with Crippen LogP contribution in [0.15, 0.2) is 46.0 Å². The lowest BCUT2D eigenvalue weighted by atomic mass is 10.1. The maximum absolute atomic E-state index is 14.3. The van der Waals surface area contributed by atoms with E-state index >= 15 is 0 Å². The van der Waals surface area contributed by atoms with Crippen LogP contribution in [0.5, 0.6) is 0 Å². The van der Waals surface area contributed by atoms with Gasteiger partial charge in [0, 0.05) is 17.7 Å². The van der Waals surface area contributed by atoms with Gasteiger partial charge in [-0.1, -0.05) is 37.3 Å². The van der Waals surface area contributed by atoms with E-state index in [9.17, 15) is 18.4 Å². The third kappa shape index (κ3) is 2.79. The summed E-state index contributed by atoms with van der Waals surface area (Å²) in [6.45, 7) is 3.49. The lowest BCUT2D eigenvalue weighted by molar-refractivity contribution is 0.0371. The minimum absolute atomic E-state index is 0.277. The molecule has 2 aromatic rings. The molecule has 4 nitrogen and oxygen atoms in total. The Balaban J connectivity index is 2.57. The van der Waals surface area contributed by atoms with Crippen molar-refractivity contribution in [1.29, 1.82) is 0 Å². The average Bonchev–Trinajstić information content (AvgIpc) is 2.47. The molecule has 1 heterocycles. The number of hydrogen-bond acceptors (Lipinski definition) is 2. The van der Waals surface area contributed by atoms with E-state index in [4.69, 9.17) is 0 Å². The zero-order chi connectivity index (χ0) is 15.6. The highest BCUT2D eigenvalue weighted by atomic mass is 19.3. The quantitative estimate of drug-likeness (QED) is 0.942. The van der Waals surface area contributed by atoms with Crippen molar-refractivity contribution in [1.82, 2.24) is 9.55 Å². The second-order valence-electron chi connectivity index (χ2n) is 4.89. The number of aromatic amines is 1. The van der Waals surface area contributed by atoms with Crippen LogP contribution in [0, 0.1) is 0 Å². The molecular weight excluding hydrogens is 278 g/mol. The summed E-state index contributed by atoms with van der Waals surface area (Å²) in [7, 11) is 0. The lowest BCUT2D eigenvalue weighted by Gasteiger charge is -2.18. The van der Waals surface area contributed by atoms with Crippen LogP contribution in [0.2, 0.25) is 0 Å². The topological polar surface area (TPSA) is 54.9 Å². The van der Waals surface area contributed by atoms with E-state index in [1.54, 1.807) is 13.0 Å². The van der Waals surface area contributed by atoms with E-state index in [0.717, 1.165) is 10.6 Å². The number of nitrogens with zero attached hydrogens (tertiary/aromatic N) is 1. The molecule has 0 aliphatic heterocycles. The molecular formula is C15H16F2N2O2. The fraction of sp³-hybridized carbons (Fsp3) is 0.333. The largest absolute Gasteiger partial charge is 0.328 e. The number of benzene rings is 1. The van der Waals surface area contributed by atoms with E-state index < -0.39 is 22.9 Å². The predicted octanol–water partition coefficient (Wildman–Crippen LogP) is 2.65. The number of hydrogen-bond donors (Lipinski definition) is 1. The first kappa shape index (κ1) is 15.2. The first-order chi connectivity index (χ1) is 9.87. The van der Waals surface area contributed by atoms with Crippen LogP contribution in [0.25, 0.3) is 0 Å². The summed E-state index contributed by atoms with van der Waals surface area (Å²) >= 11 is 0. The molecule has 112 valence electrons. The van der Waals surface area contributed by atoms with Crippen molar-refractivity contribution in [2.24, 2.45) is 0 Å². The summed E-state index contributed by atoms with van der Waals surface area (Å²) in [5.74, 6) is -3.42. The Kier molecular flexibility index (Phi) is 4.06. The van der Waals surface area contributed by atoms with E-state index in [2.05, 4.69) is 4.98 Å². The van der Waals surface area contributed by atoms with Crippen molar-refractivity contribution < 1.29 is 8.78 Å². The molecule has 1 atom stereocenters. The predicted molar refractivity (Wildman–Crippen MR) is 75.8 cm³/mol. The Morgan fingerprint density at radius 2 is 1.86 bits per heavy atom. The minimum atomic E-state index is -3.42. The van der Waals surface area contributed by atoms with Crippen LogP contribution in [0.3, 0.4) is 0 Å². The van der Waals surface area contributed by atoms with Crippen molar-refractivity contribution in [3.05, 3.63) is 68.5 Å². The maximum Gasteiger partial charge on any atom is 0.328 e. The molecule has 0 fully saturated rings. The van der Waals surface area contributed by atoms with Crippen molar-refractivity contribution in [2.45, 2.75) is 32.2 Å². The highest BCUT2D eigenvalue weighted by Crippen LogP contribution is 2.33. The zero-order valence-corrected chi connectivity index (χ0v) is 11.8. The Labute approximate surface area is 120 Å². The van der Waals surface area contributed by atoms with E-state index in [1.165, 1.54) is 24.3 Å². The first-order valence-corrected chi connectivity index (χ1v) is 6.67. The molecule has 6 heteroatoms. The lowest BCUT2D eigenvalue weighted by Crippen LogP contribution is -2.39. The fourth-order valence-corrected chi connectivity index (χ4v) is 2.08. The standard InChI is InChI=1S/C15H16F2N2O2/c1-3-10(2)19-13(20)9-12(18-14(19)21)15(16,17)11-7-5-4-6-8-11/h4-10H,3H2,1-2H3,(H,18,21)/t10-/m1/s1. The van der Waals surface area contributed by atoms with Crippen LogP contribution < -0.4 is 11.2 Å². The highest BCUT2D eigenvalue weighted by Gasteiger charge is 2.36. The second-order valence-corrected chi connectivity index (χ2v) is 4.89. The molecule has 0 saturated carbocycles. The molecule has 1 aromatic heterocycles. The Bertz CT molecular complexity index is 704. The summed E-state index contributed by atoms with van der Waals surface area (Å²) in [5, 5.41) is 0. The third-order valence-corrected chi connectivity index (χ3v) is 3.47. The van der Waals surface area contributed by atoms with Crippen LogP contribution in [0.1, 0.15) is 37.6 Å². The summed E-state index contributed by atoms with van der Waals surface area (Å²) in [4.78, 5) is 26.0. The first-order valence-electron chi connectivity index (χ1n) is 6.67. The normalized spacial score (nSPS) is 13.1. The van der Waals surface area contributed by atoms with E-state index in [-0.39, 0.29) is 11.6 Å². The molecule has 0 spiro atoms. The van der Waals surface area contributed by atoms with Gasteiger partial charge in [-0.3, -0.25) is 9.36 Å². The summed E-state index contributed by atoms with van der Waals surface area (Å²) in [5.41, 5.74) is -2.51. The number of halogens is 2. The summed E-state index contributed by atoms with van der Waals surface area (Å²) in [6, 6.07) is 7.50. The highest BCUT2D eigenvalue weighted by molar-refractivity contribution is 5.28. The molecule has 0 aliphatic carbocycles. The molecule has 1 aromatic carbocycles. The van der Waals surface area contributed by atoms with Gasteiger partial charge < -0.3 is 4.98 Å². The Hall–Kier alpha value is -2.24. The van der Waals surface area contributed by atoms with Gasteiger partial charge in [-0.2, -0.15) is 8.78 Å². The number of nitrogens with one attached hydrogen (secondary N) is 1. The van der Waals surface area contributed by atoms with Crippen LogP contribution in [0.4, 0.5) is 8.78 Å². The van der Waals surface area contributed by atoms with Gasteiger partial charge in [0.05, 0.1) is 5.69 Å². The zero-order valence-electron chi connectivity index (χ0n) is 11.8. The van der Waals surface area contributed by atoms with Gasteiger partial charge in [0.2, 0.25) is 0 Å². The van der Waals surface area contributed by atoms with Gasteiger partial charge in [0.15, 0.2) is 0 Å². The number of alkyl halides is 2. The van der Waals surface area contributed by atoms with Crippen molar-refractivity contribution in [3.8, 4) is 0 Å². The number of rotatable bonds is 4. The van der Waals surface area contributed by atoms with Crippen molar-refractivity contribution >= 4 is 0 Å². The van der Waals surface area contributed by atoms with Crippen molar-refractivity contribution in [3.63, 3.8) is 0 Å². The molecule has 1 N–H and O–H groups in total. The van der Waals surface area contributed by atoms with Crippen LogP contribution in [-0.4, -0.2) is 9.55 Å². The summed E-state index contributed by atoms with van der Waals surface area (Å²) in [6.07, 6.45) is 0.553. The number of H-pyrrole nitrogens is 1. The molecule has 0 bridgehead atoms. The van der Waals surface area contributed by atoms with Gasteiger partial charge in [-0.05, 0) is 13.3 Å². The molecule has 2 rings (SSSR count). The van der Waals surface area contributed by atoms with Crippen LogP contribution in [-0.2, 0) is 5.92 Å². The maximum atomic E-state index is 14.3. The van der Waals surface area contributed by atoms with Crippen LogP contribution >= 0.6 is 0 Å². The third-order valence-electron chi connectivity index (χ3n) is 3.47. The number of aromatic nitrogens is 2. The van der Waals surface area contributed by atoms with E-state index in [0.29, 0.717) is 6.42 Å². The second kappa shape index (κ2) is 5.63. The monoisotopic (exact) mass is 294 g/mol. The Morgan fingerprint density at radius 1 is 1.24 bits per heavy atom. The summed E-state index contributed by atoms with van der Waals surface area (Å²) < 4.78 is 29.6. The van der Waals surface area contributed by atoms with E-state index in [1.807, 2.05) is 6.92 Å². The van der Waals surface area contributed by atoms with Gasteiger partial charge in [0.25, 0.3) is 5.56 Å². The fourth-order valence-electron chi connectivity index (χ4n) is 2.08. The average molecular weight is 294 g/mol. The smallest absolute Gasteiger partial charge is 0.305 e. The van der Waals surface area contributed by atoms with Gasteiger partial charge in [-0.25, -0.2) is 4.79 Å².